The molecule has 1 aromatic heterocycles. The standard InChI is InChI=1S/C19H27N5O4S2/c1-2-24-17(14-23-11-5-3-4-6-18(23)25)21-22-19(24)29-13-12-28-15-7-9-16(10-8-15)30(20,26)27/h7-10H,2-6,11-14H2,1H3,(H2,20,26,27). The minimum Gasteiger partial charge on any atom is -0.493 e. The lowest BCUT2D eigenvalue weighted by Crippen LogP contribution is -2.31. The van der Waals surface area contributed by atoms with E-state index >= 15 is 0 Å². The second kappa shape index (κ2) is 10.3. The molecule has 1 saturated heterocycles. The monoisotopic (exact) mass is 453 g/mol. The quantitative estimate of drug-likeness (QED) is 0.455. The van der Waals surface area contributed by atoms with Gasteiger partial charge in [-0.05, 0) is 44.0 Å². The molecule has 9 nitrogen and oxygen atoms in total. The van der Waals surface area contributed by atoms with Crippen LogP contribution in [-0.2, 0) is 27.9 Å². The lowest BCUT2D eigenvalue weighted by Gasteiger charge is -2.20. The summed E-state index contributed by atoms with van der Waals surface area (Å²) in [6.45, 7) is 4.45. The Labute approximate surface area is 181 Å². The Balaban J connectivity index is 1.52. The molecule has 2 heterocycles. The average Bonchev–Trinajstić information content (AvgIpc) is 2.99. The van der Waals surface area contributed by atoms with Crippen molar-refractivity contribution in [1.29, 1.82) is 0 Å². The van der Waals surface area contributed by atoms with Crippen LogP contribution in [-0.4, -0.2) is 52.9 Å². The van der Waals surface area contributed by atoms with Gasteiger partial charge >= 0.3 is 0 Å². The molecule has 1 aliphatic rings. The molecule has 1 aromatic carbocycles. The molecule has 164 valence electrons. The van der Waals surface area contributed by atoms with E-state index in [0.29, 0.717) is 31.1 Å². The van der Waals surface area contributed by atoms with Crippen molar-refractivity contribution in [2.24, 2.45) is 5.14 Å². The van der Waals surface area contributed by atoms with Crippen LogP contribution < -0.4 is 9.88 Å². The SMILES string of the molecule is CCn1c(CN2CCCCCC2=O)nnc1SCCOc1ccc(S(N)(=O)=O)cc1. The molecule has 1 fully saturated rings. The lowest BCUT2D eigenvalue weighted by atomic mass is 10.2. The third kappa shape index (κ3) is 5.96. The molecular weight excluding hydrogens is 426 g/mol. The topological polar surface area (TPSA) is 120 Å². The molecule has 2 N–H and O–H groups in total. The normalized spacial score (nSPS) is 15.3. The van der Waals surface area contributed by atoms with Crippen molar-refractivity contribution in [2.75, 3.05) is 18.9 Å². The Bertz CT molecular complexity index is 960. The summed E-state index contributed by atoms with van der Waals surface area (Å²) in [6, 6.07) is 5.99. The van der Waals surface area contributed by atoms with Crippen LogP contribution in [0.2, 0.25) is 0 Å². The molecule has 30 heavy (non-hydrogen) atoms. The highest BCUT2D eigenvalue weighted by atomic mass is 32.2. The Morgan fingerprint density at radius 1 is 1.17 bits per heavy atom. The summed E-state index contributed by atoms with van der Waals surface area (Å²) >= 11 is 1.53. The molecule has 11 heteroatoms. The van der Waals surface area contributed by atoms with Crippen molar-refractivity contribution < 1.29 is 17.9 Å². The number of nitrogens with two attached hydrogens (primary N) is 1. The molecule has 0 bridgehead atoms. The summed E-state index contributed by atoms with van der Waals surface area (Å²) in [5, 5.41) is 14.5. The molecule has 0 atom stereocenters. The maximum Gasteiger partial charge on any atom is 0.238 e. The van der Waals surface area contributed by atoms with E-state index in [-0.39, 0.29) is 10.8 Å². The summed E-state index contributed by atoms with van der Waals surface area (Å²) in [5.41, 5.74) is 0. The zero-order chi connectivity index (χ0) is 21.6. The van der Waals surface area contributed by atoms with Crippen LogP contribution in [0.1, 0.15) is 38.4 Å². The predicted molar refractivity (Wildman–Crippen MR) is 114 cm³/mol. The highest BCUT2D eigenvalue weighted by Gasteiger charge is 2.20. The Hall–Kier alpha value is -2.11. The van der Waals surface area contributed by atoms with Crippen molar-refractivity contribution in [3.05, 3.63) is 30.1 Å². The zero-order valence-corrected chi connectivity index (χ0v) is 18.6. The number of hydrogen-bond donors (Lipinski definition) is 1. The molecule has 0 unspecified atom stereocenters. The minimum atomic E-state index is -3.70. The number of thioether (sulfide) groups is 1. The Morgan fingerprint density at radius 2 is 1.93 bits per heavy atom. The molecule has 1 amide bonds. The Kier molecular flexibility index (Phi) is 7.73. The number of carbonyl (C=O) groups excluding carboxylic acids is 1. The van der Waals surface area contributed by atoms with Gasteiger partial charge in [0.2, 0.25) is 15.9 Å². The van der Waals surface area contributed by atoms with Crippen molar-refractivity contribution in [1.82, 2.24) is 19.7 Å². The van der Waals surface area contributed by atoms with E-state index in [9.17, 15) is 13.2 Å². The van der Waals surface area contributed by atoms with Gasteiger partial charge in [-0.2, -0.15) is 0 Å². The first-order valence-electron chi connectivity index (χ1n) is 9.97. The van der Waals surface area contributed by atoms with Crippen molar-refractivity contribution >= 4 is 27.7 Å². The number of carbonyl (C=O) groups is 1. The number of aromatic nitrogens is 3. The molecule has 0 spiro atoms. The summed E-state index contributed by atoms with van der Waals surface area (Å²) < 4.78 is 30.3. The number of hydrogen-bond acceptors (Lipinski definition) is 7. The fraction of sp³-hybridized carbons (Fsp3) is 0.526. The van der Waals surface area contributed by atoms with Crippen molar-refractivity contribution in [2.45, 2.75) is 55.7 Å². The molecule has 0 aliphatic carbocycles. The summed E-state index contributed by atoms with van der Waals surface area (Å²) in [6.07, 6.45) is 3.69. The van der Waals surface area contributed by atoms with Gasteiger partial charge in [0.05, 0.1) is 18.0 Å². The highest BCUT2D eigenvalue weighted by Crippen LogP contribution is 2.20. The van der Waals surface area contributed by atoms with E-state index in [1.54, 1.807) is 12.1 Å². The number of likely N-dealkylation sites (tertiary alicyclic amines) is 1. The predicted octanol–water partition coefficient (Wildman–Crippen LogP) is 2.02. The van der Waals surface area contributed by atoms with Crippen LogP contribution in [0.4, 0.5) is 0 Å². The van der Waals surface area contributed by atoms with Crippen LogP contribution >= 0.6 is 11.8 Å². The number of rotatable bonds is 9. The summed E-state index contributed by atoms with van der Waals surface area (Å²) in [7, 11) is -3.70. The summed E-state index contributed by atoms with van der Waals surface area (Å²) in [5.74, 6) is 2.21. The van der Waals surface area contributed by atoms with Crippen LogP contribution in [0, 0.1) is 0 Å². The van der Waals surface area contributed by atoms with Crippen molar-refractivity contribution in [3.8, 4) is 5.75 Å². The van der Waals surface area contributed by atoms with E-state index in [1.807, 2.05) is 16.4 Å². The van der Waals surface area contributed by atoms with Gasteiger partial charge in [0.25, 0.3) is 0 Å². The third-order valence-electron chi connectivity index (χ3n) is 4.85. The number of benzene rings is 1. The van der Waals surface area contributed by atoms with Gasteiger partial charge in [-0.1, -0.05) is 18.2 Å². The second-order valence-corrected chi connectivity index (χ2v) is 9.61. The largest absolute Gasteiger partial charge is 0.493 e. The van der Waals surface area contributed by atoms with Crippen LogP contribution in [0.25, 0.3) is 0 Å². The minimum absolute atomic E-state index is 0.0516. The van der Waals surface area contributed by atoms with Crippen LogP contribution in [0.15, 0.2) is 34.3 Å². The van der Waals surface area contributed by atoms with E-state index in [2.05, 4.69) is 10.2 Å². The Morgan fingerprint density at radius 3 is 2.63 bits per heavy atom. The fourth-order valence-corrected chi connectivity index (χ4v) is 4.61. The number of amides is 1. The molecule has 0 radical (unpaired) electrons. The van der Waals surface area contributed by atoms with E-state index in [0.717, 1.165) is 43.3 Å². The number of ether oxygens (including phenoxy) is 1. The van der Waals surface area contributed by atoms with Gasteiger partial charge in [0.15, 0.2) is 11.0 Å². The van der Waals surface area contributed by atoms with E-state index in [4.69, 9.17) is 9.88 Å². The van der Waals surface area contributed by atoms with Crippen molar-refractivity contribution in [3.63, 3.8) is 0 Å². The van der Waals surface area contributed by atoms with Crippen LogP contribution in [0.3, 0.4) is 0 Å². The molecule has 3 rings (SSSR count). The maximum atomic E-state index is 12.3. The van der Waals surface area contributed by atoms with E-state index < -0.39 is 10.0 Å². The molecule has 0 saturated carbocycles. The van der Waals surface area contributed by atoms with Gasteiger partial charge in [-0.15, -0.1) is 10.2 Å². The van der Waals surface area contributed by atoms with Gasteiger partial charge < -0.3 is 14.2 Å². The van der Waals surface area contributed by atoms with E-state index in [1.165, 1.54) is 23.9 Å². The lowest BCUT2D eigenvalue weighted by molar-refractivity contribution is -0.131. The second-order valence-electron chi connectivity index (χ2n) is 6.98. The summed E-state index contributed by atoms with van der Waals surface area (Å²) in [4.78, 5) is 14.2. The first-order chi connectivity index (χ1) is 14.4. The first kappa shape index (κ1) is 22.6. The fourth-order valence-electron chi connectivity index (χ4n) is 3.25. The van der Waals surface area contributed by atoms with Gasteiger partial charge in [0, 0.05) is 25.3 Å². The number of sulfonamides is 1. The third-order valence-corrected chi connectivity index (χ3v) is 6.71. The smallest absolute Gasteiger partial charge is 0.238 e. The highest BCUT2D eigenvalue weighted by molar-refractivity contribution is 7.99. The zero-order valence-electron chi connectivity index (χ0n) is 17.0. The first-order valence-corrected chi connectivity index (χ1v) is 12.5. The van der Waals surface area contributed by atoms with Gasteiger partial charge in [0.1, 0.15) is 5.75 Å². The van der Waals surface area contributed by atoms with Crippen LogP contribution in [0.5, 0.6) is 5.75 Å². The maximum absolute atomic E-state index is 12.3. The van der Waals surface area contributed by atoms with Gasteiger partial charge in [-0.25, -0.2) is 13.6 Å². The van der Waals surface area contributed by atoms with Gasteiger partial charge in [-0.3, -0.25) is 4.79 Å². The number of primary sulfonamides is 1. The molecular formula is C19H27N5O4S2. The molecule has 1 aliphatic heterocycles. The average molecular weight is 454 g/mol. The molecule has 2 aromatic rings. The number of nitrogens with zero attached hydrogens (tertiary/aromatic N) is 4.